The topological polar surface area (TPSA) is 87.2 Å². The molecular weight excluding hydrogens is 498 g/mol. The number of aliphatic hydroxyl groups is 1. The molecule has 1 aromatic heterocycles. The highest BCUT2D eigenvalue weighted by Gasteiger charge is 2.67. The Labute approximate surface area is 243 Å². The summed E-state index contributed by atoms with van der Waals surface area (Å²) in [5, 5.41) is 16.6. The monoisotopic (exact) mass is 555 g/mol. The first-order chi connectivity index (χ1) is 19.0. The molecule has 3 N–H and O–H groups in total. The van der Waals surface area contributed by atoms with Gasteiger partial charge in [0.05, 0.1) is 17.6 Å². The molecule has 4 aliphatic carbocycles. The minimum atomic E-state index is -0.881. The lowest BCUT2D eigenvalue weighted by molar-refractivity contribution is -0.237. The van der Waals surface area contributed by atoms with E-state index in [4.69, 9.17) is 4.74 Å². The fraction of sp³-hybridized carbons (Fsp3) is 0.882. The number of imidazole rings is 1. The van der Waals surface area contributed by atoms with Gasteiger partial charge in [0.15, 0.2) is 0 Å². The maximum atomic E-state index is 12.7. The van der Waals surface area contributed by atoms with Gasteiger partial charge in [-0.2, -0.15) is 0 Å². The highest BCUT2D eigenvalue weighted by atomic mass is 16.5. The molecule has 0 saturated heterocycles. The summed E-state index contributed by atoms with van der Waals surface area (Å²) < 4.78 is 5.73. The van der Waals surface area contributed by atoms with Crippen LogP contribution in [0.1, 0.15) is 118 Å². The van der Waals surface area contributed by atoms with Gasteiger partial charge in [-0.3, -0.25) is 4.79 Å². The van der Waals surface area contributed by atoms with Crippen molar-refractivity contribution in [3.63, 3.8) is 0 Å². The first kappa shape index (κ1) is 30.1. The van der Waals surface area contributed by atoms with Gasteiger partial charge in [-0.1, -0.05) is 53.9 Å². The zero-order chi connectivity index (χ0) is 28.7. The molecule has 0 radical (unpaired) electrons. The van der Waals surface area contributed by atoms with E-state index in [0.29, 0.717) is 23.7 Å². The van der Waals surface area contributed by atoms with Gasteiger partial charge in [-0.15, -0.1) is 0 Å². The molecule has 6 nitrogen and oxygen atoms in total. The number of carbonyl (C=O) groups is 1. The summed E-state index contributed by atoms with van der Waals surface area (Å²) in [5.74, 6) is 4.10. The van der Waals surface area contributed by atoms with Crippen molar-refractivity contribution in [3.8, 4) is 0 Å². The van der Waals surface area contributed by atoms with Gasteiger partial charge in [0, 0.05) is 44.0 Å². The summed E-state index contributed by atoms with van der Waals surface area (Å²) in [4.78, 5) is 19.4. The van der Waals surface area contributed by atoms with E-state index < -0.39 is 5.60 Å². The first-order valence-electron chi connectivity index (χ1n) is 16.6. The normalized spacial score (nSPS) is 41.7. The molecule has 0 aromatic carbocycles. The quantitative estimate of drug-likeness (QED) is 0.280. The van der Waals surface area contributed by atoms with E-state index in [1.807, 2.05) is 6.20 Å². The highest BCUT2D eigenvalue weighted by molar-refractivity contribution is 5.66. The maximum absolute atomic E-state index is 12.7. The Morgan fingerprint density at radius 3 is 2.65 bits per heavy atom. The van der Waals surface area contributed by atoms with E-state index in [9.17, 15) is 9.90 Å². The molecule has 4 fully saturated rings. The van der Waals surface area contributed by atoms with Crippen LogP contribution in [0.15, 0.2) is 12.5 Å². The van der Waals surface area contributed by atoms with E-state index in [1.54, 1.807) is 6.33 Å². The summed E-state index contributed by atoms with van der Waals surface area (Å²) >= 11 is 0. The number of aromatic amines is 1. The average molecular weight is 556 g/mol. The van der Waals surface area contributed by atoms with Gasteiger partial charge in [0.2, 0.25) is 0 Å². The van der Waals surface area contributed by atoms with Crippen molar-refractivity contribution in [3.05, 3.63) is 18.2 Å². The second kappa shape index (κ2) is 11.7. The fourth-order valence-corrected chi connectivity index (χ4v) is 10.7. The molecule has 0 unspecified atom stereocenters. The van der Waals surface area contributed by atoms with Crippen molar-refractivity contribution in [1.29, 1.82) is 0 Å². The molecule has 0 aliphatic heterocycles. The van der Waals surface area contributed by atoms with Crippen LogP contribution in [0.2, 0.25) is 0 Å². The number of hydrogen-bond acceptors (Lipinski definition) is 5. The Hall–Kier alpha value is -1.40. The Morgan fingerprint density at radius 2 is 1.95 bits per heavy atom. The van der Waals surface area contributed by atoms with Crippen LogP contribution in [0, 0.1) is 46.3 Å². The van der Waals surface area contributed by atoms with Gasteiger partial charge in [-0.05, 0) is 85.9 Å². The molecule has 4 saturated carbocycles. The summed E-state index contributed by atoms with van der Waals surface area (Å²) in [5.41, 5.74) is 0.415. The number of hydrogen-bond donors (Lipinski definition) is 3. The molecule has 1 aromatic rings. The second-order valence-electron chi connectivity index (χ2n) is 15.3. The number of nitrogens with one attached hydrogen (secondary N) is 2. The standard InChI is InChI=1S/C34H57N3O3/c1-22(2)8-7-9-23(3)28-10-11-29-27-18-31(36-17-14-25-20-35-21-37-25)34(39)19-26(40-24(4)38)12-16-33(34,6)30(27)13-15-32(28,29)5/h20-23,26-31,36,39H,7-19H2,1-6H3,(H,35,37)/t23-,26+,27+,28-,29+,30+,31-,32-,33-,34+/m1/s1. The average Bonchev–Trinajstić information content (AvgIpc) is 3.52. The first-order valence-corrected chi connectivity index (χ1v) is 16.6. The number of esters is 1. The number of ether oxygens (including phenoxy) is 1. The molecule has 0 bridgehead atoms. The molecule has 0 spiro atoms. The van der Waals surface area contributed by atoms with Gasteiger partial charge in [0.1, 0.15) is 6.10 Å². The van der Waals surface area contributed by atoms with Crippen LogP contribution >= 0.6 is 0 Å². The molecule has 1 heterocycles. The third kappa shape index (κ3) is 5.41. The van der Waals surface area contributed by atoms with Crippen molar-refractivity contribution in [2.45, 2.75) is 136 Å². The molecule has 0 amide bonds. The Balaban J connectivity index is 1.37. The number of rotatable bonds is 10. The zero-order valence-electron chi connectivity index (χ0n) is 26.2. The Bertz CT molecular complexity index is 997. The van der Waals surface area contributed by atoms with Gasteiger partial charge < -0.3 is 20.1 Å². The molecule has 4 aliphatic rings. The molecule has 40 heavy (non-hydrogen) atoms. The lowest BCUT2D eigenvalue weighted by atomic mass is 9.42. The molecule has 6 heteroatoms. The van der Waals surface area contributed by atoms with Gasteiger partial charge in [0.25, 0.3) is 0 Å². The van der Waals surface area contributed by atoms with Crippen LogP contribution in [0.4, 0.5) is 0 Å². The van der Waals surface area contributed by atoms with E-state index in [2.05, 4.69) is 49.9 Å². The van der Waals surface area contributed by atoms with Crippen molar-refractivity contribution in [2.75, 3.05) is 6.54 Å². The lowest BCUT2D eigenvalue weighted by Crippen LogP contribution is -2.71. The smallest absolute Gasteiger partial charge is 0.302 e. The summed E-state index contributed by atoms with van der Waals surface area (Å²) in [6.45, 7) is 14.6. The van der Waals surface area contributed by atoms with Crippen molar-refractivity contribution in [2.24, 2.45) is 46.3 Å². The van der Waals surface area contributed by atoms with Gasteiger partial charge >= 0.3 is 5.97 Å². The number of fused-ring (bicyclic) bond motifs is 5. The predicted octanol–water partition coefficient (Wildman–Crippen LogP) is 6.69. The second-order valence-corrected chi connectivity index (χ2v) is 15.3. The molecule has 226 valence electrons. The number of nitrogens with zero attached hydrogens (tertiary/aromatic N) is 1. The van der Waals surface area contributed by atoms with Crippen molar-refractivity contribution in [1.82, 2.24) is 15.3 Å². The van der Waals surface area contributed by atoms with Crippen molar-refractivity contribution >= 4 is 5.97 Å². The molecule has 10 atom stereocenters. The van der Waals surface area contributed by atoms with E-state index in [1.165, 1.54) is 51.9 Å². The van der Waals surface area contributed by atoms with E-state index in [0.717, 1.165) is 61.6 Å². The molecular formula is C34H57N3O3. The number of H-pyrrole nitrogens is 1. The Morgan fingerprint density at radius 1 is 1.15 bits per heavy atom. The highest BCUT2D eigenvalue weighted by Crippen LogP contribution is 2.69. The van der Waals surface area contributed by atoms with E-state index in [-0.39, 0.29) is 23.5 Å². The fourth-order valence-electron chi connectivity index (χ4n) is 10.7. The van der Waals surface area contributed by atoms with Crippen LogP contribution < -0.4 is 5.32 Å². The maximum Gasteiger partial charge on any atom is 0.302 e. The predicted molar refractivity (Wildman–Crippen MR) is 160 cm³/mol. The van der Waals surface area contributed by atoms with Crippen LogP contribution in [0.25, 0.3) is 0 Å². The summed E-state index contributed by atoms with van der Waals surface area (Å²) in [7, 11) is 0. The van der Waals surface area contributed by atoms with Crippen LogP contribution in [-0.2, 0) is 16.0 Å². The SMILES string of the molecule is CC(=O)O[C@H]1CC[C@]2(C)[C@H]3CC[C@]4(C)[C@@H]([C@H](C)CCCC(C)C)CC[C@H]4[C@@H]3C[C@@H](NCCc3c[nH]cn3)[C@@]2(O)C1. The largest absolute Gasteiger partial charge is 0.462 e. The molecule has 5 rings (SSSR count). The number of carbonyl (C=O) groups excluding carboxylic acids is 1. The zero-order valence-corrected chi connectivity index (χ0v) is 26.2. The summed E-state index contributed by atoms with van der Waals surface area (Å²) in [6.07, 6.45) is 17.0. The van der Waals surface area contributed by atoms with Crippen LogP contribution in [0.5, 0.6) is 0 Å². The van der Waals surface area contributed by atoms with Gasteiger partial charge in [-0.25, -0.2) is 4.98 Å². The van der Waals surface area contributed by atoms with Crippen LogP contribution in [-0.4, -0.2) is 45.3 Å². The van der Waals surface area contributed by atoms with Crippen molar-refractivity contribution < 1.29 is 14.6 Å². The third-order valence-electron chi connectivity index (χ3n) is 12.7. The van der Waals surface area contributed by atoms with Crippen LogP contribution in [0.3, 0.4) is 0 Å². The number of aromatic nitrogens is 2. The lowest BCUT2D eigenvalue weighted by Gasteiger charge is -2.66. The Kier molecular flexibility index (Phi) is 8.80. The minimum absolute atomic E-state index is 0.000847. The summed E-state index contributed by atoms with van der Waals surface area (Å²) in [6, 6.07) is 0.000847. The third-order valence-corrected chi connectivity index (χ3v) is 12.7. The van der Waals surface area contributed by atoms with E-state index >= 15 is 0 Å². The minimum Gasteiger partial charge on any atom is -0.462 e.